The van der Waals surface area contributed by atoms with Crippen molar-refractivity contribution in [2.24, 2.45) is 0 Å². The lowest BCUT2D eigenvalue weighted by Crippen LogP contribution is -2.32. The van der Waals surface area contributed by atoms with Crippen LogP contribution in [0.2, 0.25) is 0 Å². The molecule has 35 heavy (non-hydrogen) atoms. The predicted octanol–water partition coefficient (Wildman–Crippen LogP) is 4.92. The molecule has 0 fully saturated rings. The number of methoxy groups -OCH3 is 2. The summed E-state index contributed by atoms with van der Waals surface area (Å²) in [6.45, 7) is 5.80. The van der Waals surface area contributed by atoms with Gasteiger partial charge in [0.1, 0.15) is 17.2 Å². The summed E-state index contributed by atoms with van der Waals surface area (Å²) in [5, 5.41) is 2.79. The van der Waals surface area contributed by atoms with E-state index in [-0.39, 0.29) is 16.5 Å². The van der Waals surface area contributed by atoms with Crippen LogP contribution >= 0.6 is 0 Å². The average Bonchev–Trinajstić information content (AvgIpc) is 2.84. The molecule has 0 radical (unpaired) electrons. The lowest BCUT2D eigenvalue weighted by molar-refractivity contribution is -0.122. The highest BCUT2D eigenvalue weighted by Crippen LogP contribution is 2.31. The quantitative estimate of drug-likeness (QED) is 0.411. The van der Waals surface area contributed by atoms with Crippen LogP contribution in [-0.2, 0) is 14.8 Å². The van der Waals surface area contributed by atoms with Gasteiger partial charge in [-0.05, 0) is 73.9 Å². The lowest BCUT2D eigenvalue weighted by atomic mass is 10.1. The van der Waals surface area contributed by atoms with Gasteiger partial charge in [-0.25, -0.2) is 8.42 Å². The highest BCUT2D eigenvalue weighted by atomic mass is 32.2. The van der Waals surface area contributed by atoms with E-state index in [1.54, 1.807) is 12.1 Å². The zero-order valence-electron chi connectivity index (χ0n) is 20.4. The van der Waals surface area contributed by atoms with Crippen molar-refractivity contribution in [1.82, 2.24) is 0 Å². The van der Waals surface area contributed by atoms with Crippen molar-refractivity contribution in [1.29, 1.82) is 0 Å². The third-order valence-electron chi connectivity index (χ3n) is 5.57. The van der Waals surface area contributed by atoms with Gasteiger partial charge >= 0.3 is 0 Å². The molecule has 2 N–H and O–H groups in total. The van der Waals surface area contributed by atoms with E-state index in [0.717, 1.165) is 11.1 Å². The molecular weight excluding hydrogens is 468 g/mol. The van der Waals surface area contributed by atoms with Gasteiger partial charge in [-0.2, -0.15) is 0 Å². The van der Waals surface area contributed by atoms with E-state index < -0.39 is 16.1 Å². The smallest absolute Gasteiger partial charge is 0.265 e. The summed E-state index contributed by atoms with van der Waals surface area (Å²) in [7, 11) is -0.971. The van der Waals surface area contributed by atoms with Crippen molar-refractivity contribution < 1.29 is 27.4 Å². The first-order valence-electron chi connectivity index (χ1n) is 11.1. The maximum Gasteiger partial charge on any atom is 0.265 e. The van der Waals surface area contributed by atoms with Crippen molar-refractivity contribution in [3.8, 4) is 17.2 Å². The maximum absolute atomic E-state index is 12.9. The minimum Gasteiger partial charge on any atom is -0.497 e. The van der Waals surface area contributed by atoms with Crippen molar-refractivity contribution >= 4 is 27.3 Å². The summed E-state index contributed by atoms with van der Waals surface area (Å²) < 4.78 is 44.7. The number of aryl methyl sites for hydroxylation is 1. The number of hydrogen-bond donors (Lipinski definition) is 2. The Balaban J connectivity index is 1.72. The Labute approximate surface area is 206 Å². The number of rotatable bonds is 10. The molecule has 8 nitrogen and oxygen atoms in total. The van der Waals surface area contributed by atoms with Gasteiger partial charge in [0.25, 0.3) is 15.9 Å². The fourth-order valence-corrected chi connectivity index (χ4v) is 4.43. The van der Waals surface area contributed by atoms with E-state index >= 15 is 0 Å². The molecule has 3 rings (SSSR count). The third kappa shape index (κ3) is 6.24. The van der Waals surface area contributed by atoms with Crippen LogP contribution in [-0.4, -0.2) is 34.6 Å². The SMILES string of the molecule is CC[C@H](Oc1cccc(C)c1C)C(=O)Nc1ccc(S(=O)(=O)Nc2cc(OC)ccc2OC)cc1. The Bertz CT molecular complexity index is 1290. The van der Waals surface area contributed by atoms with Crippen LogP contribution in [0.25, 0.3) is 0 Å². The van der Waals surface area contributed by atoms with Gasteiger partial charge < -0.3 is 19.5 Å². The molecule has 1 atom stereocenters. The van der Waals surface area contributed by atoms with Gasteiger partial charge in [0, 0.05) is 11.8 Å². The predicted molar refractivity (Wildman–Crippen MR) is 136 cm³/mol. The first-order valence-corrected chi connectivity index (χ1v) is 12.6. The molecule has 3 aromatic carbocycles. The second kappa shape index (κ2) is 11.1. The van der Waals surface area contributed by atoms with Crippen molar-refractivity contribution in [2.45, 2.75) is 38.2 Å². The van der Waals surface area contributed by atoms with Gasteiger partial charge in [0.15, 0.2) is 6.10 Å². The van der Waals surface area contributed by atoms with Crippen LogP contribution < -0.4 is 24.2 Å². The van der Waals surface area contributed by atoms with Gasteiger partial charge in [-0.3, -0.25) is 9.52 Å². The largest absolute Gasteiger partial charge is 0.497 e. The van der Waals surface area contributed by atoms with E-state index in [0.29, 0.717) is 29.4 Å². The van der Waals surface area contributed by atoms with Gasteiger partial charge in [0.2, 0.25) is 0 Å². The van der Waals surface area contributed by atoms with E-state index in [1.165, 1.54) is 44.6 Å². The Morgan fingerprint density at radius 3 is 2.29 bits per heavy atom. The number of nitrogens with one attached hydrogen (secondary N) is 2. The minimum atomic E-state index is -3.91. The van der Waals surface area contributed by atoms with Crippen LogP contribution in [0.5, 0.6) is 17.2 Å². The molecule has 3 aromatic rings. The molecule has 1 amide bonds. The molecule has 9 heteroatoms. The number of hydrogen-bond acceptors (Lipinski definition) is 6. The molecule has 0 aliphatic rings. The van der Waals surface area contributed by atoms with Crippen LogP contribution in [0, 0.1) is 13.8 Å². The first-order chi connectivity index (χ1) is 16.7. The Morgan fingerprint density at radius 1 is 0.943 bits per heavy atom. The van der Waals surface area contributed by atoms with Gasteiger partial charge in [0.05, 0.1) is 24.8 Å². The van der Waals surface area contributed by atoms with Gasteiger partial charge in [-0.15, -0.1) is 0 Å². The second-order valence-corrected chi connectivity index (χ2v) is 9.58. The molecule has 0 unspecified atom stereocenters. The number of amides is 1. The zero-order valence-corrected chi connectivity index (χ0v) is 21.2. The highest BCUT2D eigenvalue weighted by Gasteiger charge is 2.21. The number of ether oxygens (including phenoxy) is 3. The summed E-state index contributed by atoms with van der Waals surface area (Å²) >= 11 is 0. The van der Waals surface area contributed by atoms with E-state index in [1.807, 2.05) is 39.0 Å². The summed E-state index contributed by atoms with van der Waals surface area (Å²) in [5.74, 6) is 1.18. The van der Waals surface area contributed by atoms with Crippen molar-refractivity contribution in [3.05, 3.63) is 71.8 Å². The van der Waals surface area contributed by atoms with E-state index in [4.69, 9.17) is 14.2 Å². The summed E-state index contributed by atoms with van der Waals surface area (Å²) in [4.78, 5) is 12.8. The monoisotopic (exact) mass is 498 g/mol. The first kappa shape index (κ1) is 25.9. The van der Waals surface area contributed by atoms with Crippen LogP contribution in [0.15, 0.2) is 65.6 Å². The molecule has 0 aliphatic heterocycles. The molecule has 0 aliphatic carbocycles. The normalized spacial score (nSPS) is 11.9. The lowest BCUT2D eigenvalue weighted by Gasteiger charge is -2.19. The number of sulfonamides is 1. The number of carbonyl (C=O) groups is 1. The van der Waals surface area contributed by atoms with Crippen molar-refractivity contribution in [3.63, 3.8) is 0 Å². The molecule has 0 bridgehead atoms. The van der Waals surface area contributed by atoms with Crippen LogP contribution in [0.3, 0.4) is 0 Å². The van der Waals surface area contributed by atoms with E-state index in [2.05, 4.69) is 10.0 Å². The molecular formula is C26H30N2O6S. The topological polar surface area (TPSA) is 103 Å². The molecule has 0 aromatic heterocycles. The number of benzene rings is 3. The fourth-order valence-electron chi connectivity index (χ4n) is 3.37. The number of anilines is 2. The Morgan fingerprint density at radius 2 is 1.66 bits per heavy atom. The highest BCUT2D eigenvalue weighted by molar-refractivity contribution is 7.92. The molecule has 0 saturated carbocycles. The molecule has 0 saturated heterocycles. The van der Waals surface area contributed by atoms with Crippen molar-refractivity contribution in [2.75, 3.05) is 24.3 Å². The summed E-state index contributed by atoms with van der Waals surface area (Å²) in [6.07, 6.45) is -0.223. The van der Waals surface area contributed by atoms with E-state index in [9.17, 15) is 13.2 Å². The van der Waals surface area contributed by atoms with Crippen LogP contribution in [0.1, 0.15) is 24.5 Å². The van der Waals surface area contributed by atoms with Crippen LogP contribution in [0.4, 0.5) is 11.4 Å². The maximum atomic E-state index is 12.9. The summed E-state index contributed by atoms with van der Waals surface area (Å²) in [5.41, 5.74) is 2.76. The molecule has 186 valence electrons. The minimum absolute atomic E-state index is 0.0269. The standard InChI is InChI=1S/C26H30N2O6S/c1-6-23(34-24-9-7-8-17(2)18(24)3)26(29)27-19-10-13-21(14-11-19)35(30,31)28-22-16-20(32-4)12-15-25(22)33-5/h7-16,23,28H,6H2,1-5H3,(H,27,29)/t23-/m0/s1. The zero-order chi connectivity index (χ0) is 25.6. The molecule has 0 spiro atoms. The Hall–Kier alpha value is -3.72. The number of carbonyl (C=O) groups excluding carboxylic acids is 1. The average molecular weight is 499 g/mol. The fraction of sp³-hybridized carbons (Fsp3) is 0.269. The summed E-state index contributed by atoms with van der Waals surface area (Å²) in [6, 6.07) is 16.4. The van der Waals surface area contributed by atoms with Gasteiger partial charge in [-0.1, -0.05) is 19.1 Å². The molecule has 0 heterocycles. The Kier molecular flexibility index (Phi) is 8.24. The second-order valence-electron chi connectivity index (χ2n) is 7.90. The third-order valence-corrected chi connectivity index (χ3v) is 6.95.